The van der Waals surface area contributed by atoms with Crippen molar-refractivity contribution in [3.8, 4) is 0 Å². The van der Waals surface area contributed by atoms with E-state index in [1.165, 1.54) is 0 Å². The van der Waals surface area contributed by atoms with Crippen molar-refractivity contribution in [3.63, 3.8) is 0 Å². The maximum absolute atomic E-state index is 11.2. The zero-order chi connectivity index (χ0) is 13.8. The number of rotatable bonds is 5. The lowest BCUT2D eigenvalue weighted by molar-refractivity contribution is 0.0699. The summed E-state index contributed by atoms with van der Waals surface area (Å²) in [6.45, 7) is 2.11. The zero-order valence-corrected chi connectivity index (χ0v) is 10.8. The Morgan fingerprint density at radius 3 is 2.53 bits per heavy atom. The minimum absolute atomic E-state index is 0.124. The summed E-state index contributed by atoms with van der Waals surface area (Å²) in [7, 11) is 0. The van der Waals surface area contributed by atoms with Crippen molar-refractivity contribution >= 4 is 22.4 Å². The van der Waals surface area contributed by atoms with E-state index in [2.05, 4.69) is 5.32 Å². The molecule has 0 aliphatic heterocycles. The molecule has 4 heteroatoms. The Labute approximate surface area is 111 Å². The quantitative estimate of drug-likeness (QED) is 0.772. The van der Waals surface area contributed by atoms with Crippen LogP contribution in [0.15, 0.2) is 36.4 Å². The minimum Gasteiger partial charge on any atom is -0.478 e. The summed E-state index contributed by atoms with van der Waals surface area (Å²) in [5.74, 6) is -0.925. The van der Waals surface area contributed by atoms with Gasteiger partial charge in [0.2, 0.25) is 0 Å². The molecule has 100 valence electrons. The third kappa shape index (κ3) is 2.85. The lowest BCUT2D eigenvalue weighted by atomic mass is 10.0. The Morgan fingerprint density at radius 1 is 1.21 bits per heavy atom. The summed E-state index contributed by atoms with van der Waals surface area (Å²) in [4.78, 5) is 11.2. The van der Waals surface area contributed by atoms with E-state index >= 15 is 0 Å². The molecule has 0 saturated carbocycles. The molecule has 0 spiro atoms. The second kappa shape index (κ2) is 5.71. The van der Waals surface area contributed by atoms with Gasteiger partial charge >= 0.3 is 5.97 Å². The molecule has 0 amide bonds. The van der Waals surface area contributed by atoms with E-state index in [4.69, 9.17) is 5.11 Å². The van der Waals surface area contributed by atoms with E-state index in [0.29, 0.717) is 12.0 Å². The Bertz CT molecular complexity index is 595. The highest BCUT2D eigenvalue weighted by Crippen LogP contribution is 2.27. The van der Waals surface area contributed by atoms with E-state index in [-0.39, 0.29) is 12.6 Å². The maximum atomic E-state index is 11.2. The molecule has 2 aromatic carbocycles. The van der Waals surface area contributed by atoms with Crippen LogP contribution in [0.2, 0.25) is 0 Å². The molecular formula is C15H17NO3. The highest BCUT2D eigenvalue weighted by Gasteiger charge is 2.11. The molecule has 0 aromatic heterocycles. The van der Waals surface area contributed by atoms with Gasteiger partial charge in [0, 0.05) is 23.7 Å². The molecule has 0 heterocycles. The summed E-state index contributed by atoms with van der Waals surface area (Å²) in [5, 5.41) is 23.0. The molecule has 0 aliphatic rings. The number of aromatic carboxylic acids is 1. The highest BCUT2D eigenvalue weighted by molar-refractivity contribution is 6.07. The van der Waals surface area contributed by atoms with Crippen molar-refractivity contribution in [2.75, 3.05) is 11.9 Å². The van der Waals surface area contributed by atoms with Gasteiger partial charge in [0.25, 0.3) is 0 Å². The molecule has 3 N–H and O–H groups in total. The molecular weight excluding hydrogens is 242 g/mol. The van der Waals surface area contributed by atoms with Crippen LogP contribution in [-0.2, 0) is 0 Å². The number of anilines is 1. The first kappa shape index (κ1) is 13.4. The van der Waals surface area contributed by atoms with Crippen LogP contribution in [0.25, 0.3) is 10.8 Å². The van der Waals surface area contributed by atoms with Gasteiger partial charge in [-0.2, -0.15) is 0 Å². The average molecular weight is 259 g/mol. The van der Waals surface area contributed by atoms with Crippen LogP contribution in [0.4, 0.5) is 5.69 Å². The van der Waals surface area contributed by atoms with Crippen LogP contribution >= 0.6 is 0 Å². The fourth-order valence-corrected chi connectivity index (χ4v) is 2.14. The summed E-state index contributed by atoms with van der Waals surface area (Å²) in [6, 6.07) is 10.9. The maximum Gasteiger partial charge on any atom is 0.336 e. The first-order chi connectivity index (χ1) is 9.13. The fraction of sp³-hybridized carbons (Fsp3) is 0.267. The van der Waals surface area contributed by atoms with Crippen LogP contribution in [0.5, 0.6) is 0 Å². The van der Waals surface area contributed by atoms with Gasteiger partial charge in [-0.25, -0.2) is 4.79 Å². The van der Waals surface area contributed by atoms with Crippen molar-refractivity contribution in [1.82, 2.24) is 0 Å². The molecule has 0 saturated heterocycles. The number of carboxylic acid groups (broad SMARTS) is 1. The van der Waals surface area contributed by atoms with Crippen molar-refractivity contribution < 1.29 is 15.0 Å². The van der Waals surface area contributed by atoms with E-state index in [1.807, 2.05) is 25.1 Å². The number of carbonyl (C=O) groups is 1. The topological polar surface area (TPSA) is 69.6 Å². The lowest BCUT2D eigenvalue weighted by Gasteiger charge is -2.16. The van der Waals surface area contributed by atoms with Gasteiger partial charge in [0.15, 0.2) is 0 Å². The molecule has 1 atom stereocenters. The molecule has 0 fully saturated rings. The van der Waals surface area contributed by atoms with Crippen LogP contribution in [0.3, 0.4) is 0 Å². The van der Waals surface area contributed by atoms with Gasteiger partial charge in [-0.3, -0.25) is 0 Å². The smallest absolute Gasteiger partial charge is 0.336 e. The van der Waals surface area contributed by atoms with Crippen molar-refractivity contribution in [3.05, 3.63) is 42.0 Å². The predicted octanol–water partition coefficient (Wildman–Crippen LogP) is 2.72. The van der Waals surface area contributed by atoms with Gasteiger partial charge in [-0.1, -0.05) is 24.3 Å². The number of hydrogen-bond acceptors (Lipinski definition) is 3. The van der Waals surface area contributed by atoms with Crippen molar-refractivity contribution in [1.29, 1.82) is 0 Å². The SMILES string of the molecule is CC(CCO)Nc1ccc(C(=O)O)c2ccccc12. The number of carboxylic acids is 1. The third-order valence-corrected chi connectivity index (χ3v) is 3.12. The predicted molar refractivity (Wildman–Crippen MR) is 75.7 cm³/mol. The first-order valence-electron chi connectivity index (χ1n) is 6.26. The Kier molecular flexibility index (Phi) is 4.02. The van der Waals surface area contributed by atoms with Crippen LogP contribution in [-0.4, -0.2) is 28.8 Å². The Balaban J connectivity index is 2.46. The van der Waals surface area contributed by atoms with E-state index in [9.17, 15) is 9.90 Å². The molecule has 4 nitrogen and oxygen atoms in total. The van der Waals surface area contributed by atoms with Crippen LogP contribution in [0.1, 0.15) is 23.7 Å². The number of nitrogens with one attached hydrogen (secondary N) is 1. The number of fused-ring (bicyclic) bond motifs is 1. The van der Waals surface area contributed by atoms with Gasteiger partial charge in [-0.15, -0.1) is 0 Å². The van der Waals surface area contributed by atoms with Gasteiger partial charge in [0.05, 0.1) is 5.56 Å². The normalized spacial score (nSPS) is 12.3. The number of benzene rings is 2. The lowest BCUT2D eigenvalue weighted by Crippen LogP contribution is -2.16. The van der Waals surface area contributed by atoms with Crippen LogP contribution < -0.4 is 5.32 Å². The molecule has 19 heavy (non-hydrogen) atoms. The summed E-state index contributed by atoms with van der Waals surface area (Å²) >= 11 is 0. The zero-order valence-electron chi connectivity index (χ0n) is 10.8. The van der Waals surface area contributed by atoms with E-state index in [1.54, 1.807) is 18.2 Å². The highest BCUT2D eigenvalue weighted by atomic mass is 16.4. The Hall–Kier alpha value is -2.07. The number of aliphatic hydroxyl groups is 1. The minimum atomic E-state index is -0.925. The average Bonchev–Trinajstić information content (AvgIpc) is 2.39. The Morgan fingerprint density at radius 2 is 1.89 bits per heavy atom. The van der Waals surface area contributed by atoms with E-state index < -0.39 is 5.97 Å². The fourth-order valence-electron chi connectivity index (χ4n) is 2.14. The van der Waals surface area contributed by atoms with Crippen LogP contribution in [0, 0.1) is 0 Å². The summed E-state index contributed by atoms with van der Waals surface area (Å²) in [5.41, 5.74) is 1.19. The van der Waals surface area contributed by atoms with Gasteiger partial charge < -0.3 is 15.5 Å². The summed E-state index contributed by atoms with van der Waals surface area (Å²) in [6.07, 6.45) is 0.648. The third-order valence-electron chi connectivity index (χ3n) is 3.12. The molecule has 0 radical (unpaired) electrons. The number of hydrogen-bond donors (Lipinski definition) is 3. The largest absolute Gasteiger partial charge is 0.478 e. The molecule has 1 unspecified atom stereocenters. The van der Waals surface area contributed by atoms with Crippen molar-refractivity contribution in [2.24, 2.45) is 0 Å². The summed E-state index contributed by atoms with van der Waals surface area (Å²) < 4.78 is 0. The van der Waals surface area contributed by atoms with Gasteiger partial charge in [0.1, 0.15) is 0 Å². The molecule has 2 aromatic rings. The molecule has 0 aliphatic carbocycles. The monoisotopic (exact) mass is 259 g/mol. The molecule has 0 bridgehead atoms. The van der Waals surface area contributed by atoms with E-state index in [0.717, 1.165) is 16.5 Å². The second-order valence-corrected chi connectivity index (χ2v) is 4.57. The second-order valence-electron chi connectivity index (χ2n) is 4.57. The van der Waals surface area contributed by atoms with Crippen molar-refractivity contribution in [2.45, 2.75) is 19.4 Å². The molecule has 2 rings (SSSR count). The first-order valence-corrected chi connectivity index (χ1v) is 6.26. The number of aliphatic hydroxyl groups excluding tert-OH is 1. The standard InChI is InChI=1S/C15H17NO3/c1-10(8-9-17)16-14-7-6-13(15(18)19)11-4-2-3-5-12(11)14/h2-7,10,16-17H,8-9H2,1H3,(H,18,19). The van der Waals surface area contributed by atoms with Gasteiger partial charge in [-0.05, 0) is 30.9 Å².